The average molecular weight is 192 g/mol. The van der Waals surface area contributed by atoms with E-state index in [2.05, 4.69) is 4.98 Å². The van der Waals surface area contributed by atoms with Gasteiger partial charge in [0.15, 0.2) is 5.78 Å². The van der Waals surface area contributed by atoms with E-state index in [4.69, 9.17) is 5.73 Å². The number of aliphatic hydroxyl groups is 1. The molecule has 0 amide bonds. The number of nitrogens with zero attached hydrogens (tertiary/aromatic N) is 1. The number of aliphatic hydroxyl groups excluding tert-OH is 1. The molecule has 4 nitrogen and oxygen atoms in total. The van der Waals surface area contributed by atoms with Crippen LogP contribution in [0, 0.1) is 5.92 Å². The Kier molecular flexibility index (Phi) is 2.21. The number of rotatable bonds is 3. The number of carbonyl (C=O) groups is 1. The van der Waals surface area contributed by atoms with E-state index < -0.39 is 6.10 Å². The molecular formula is C10H12N2O2. The minimum Gasteiger partial charge on any atom is -0.385 e. The maximum absolute atomic E-state index is 11.7. The number of nitrogens with two attached hydrogens (primary N) is 1. The van der Waals surface area contributed by atoms with Crippen LogP contribution in [0.25, 0.3) is 0 Å². The van der Waals surface area contributed by atoms with Gasteiger partial charge in [0.25, 0.3) is 0 Å². The van der Waals surface area contributed by atoms with Gasteiger partial charge in [0.05, 0.1) is 5.56 Å². The molecule has 1 saturated carbocycles. The molecule has 0 saturated heterocycles. The number of anilines is 1. The first-order valence-electron chi connectivity index (χ1n) is 4.63. The topological polar surface area (TPSA) is 76.2 Å². The quantitative estimate of drug-likeness (QED) is 0.688. The smallest absolute Gasteiger partial charge is 0.195 e. The second kappa shape index (κ2) is 3.38. The van der Waals surface area contributed by atoms with Crippen molar-refractivity contribution in [2.75, 3.05) is 5.73 Å². The van der Waals surface area contributed by atoms with Crippen LogP contribution >= 0.6 is 0 Å². The highest BCUT2D eigenvalue weighted by Crippen LogP contribution is 2.34. The summed E-state index contributed by atoms with van der Waals surface area (Å²) in [5.41, 5.74) is 5.86. The molecule has 0 aromatic carbocycles. The highest BCUT2D eigenvalue weighted by Gasteiger charge is 2.35. The van der Waals surface area contributed by atoms with E-state index in [0.717, 1.165) is 12.8 Å². The first kappa shape index (κ1) is 9.15. The van der Waals surface area contributed by atoms with Crippen LogP contribution in [0.3, 0.4) is 0 Å². The number of carbonyl (C=O) groups excluding carboxylic acids is 1. The van der Waals surface area contributed by atoms with Crippen molar-refractivity contribution in [2.24, 2.45) is 5.92 Å². The lowest BCUT2D eigenvalue weighted by Crippen LogP contribution is -2.23. The zero-order chi connectivity index (χ0) is 10.1. The normalized spacial score (nSPS) is 17.8. The maximum Gasteiger partial charge on any atom is 0.195 e. The lowest BCUT2D eigenvalue weighted by molar-refractivity contribution is 0.0704. The summed E-state index contributed by atoms with van der Waals surface area (Å²) in [6, 6.07) is 3.24. The minimum absolute atomic E-state index is 0.127. The van der Waals surface area contributed by atoms with Crippen molar-refractivity contribution in [3.8, 4) is 0 Å². The summed E-state index contributed by atoms with van der Waals surface area (Å²) >= 11 is 0. The Morgan fingerprint density at radius 1 is 1.64 bits per heavy atom. The van der Waals surface area contributed by atoms with Gasteiger partial charge in [-0.3, -0.25) is 4.79 Å². The highest BCUT2D eigenvalue weighted by atomic mass is 16.3. The fraction of sp³-hybridized carbons (Fsp3) is 0.400. The molecule has 0 aliphatic heterocycles. The molecule has 0 radical (unpaired) electrons. The molecule has 1 aromatic heterocycles. The zero-order valence-corrected chi connectivity index (χ0v) is 7.68. The summed E-state index contributed by atoms with van der Waals surface area (Å²) in [7, 11) is 0. The van der Waals surface area contributed by atoms with Crippen LogP contribution in [0.15, 0.2) is 18.3 Å². The number of nitrogen functional groups attached to an aromatic ring is 1. The molecule has 4 heteroatoms. The van der Waals surface area contributed by atoms with E-state index in [1.807, 2.05) is 0 Å². The van der Waals surface area contributed by atoms with Gasteiger partial charge in [-0.1, -0.05) is 0 Å². The van der Waals surface area contributed by atoms with E-state index in [1.165, 1.54) is 6.20 Å². The number of hydrogen-bond donors (Lipinski definition) is 2. The summed E-state index contributed by atoms with van der Waals surface area (Å²) in [6.07, 6.45) is 2.47. The maximum atomic E-state index is 11.7. The molecule has 1 fully saturated rings. The van der Waals surface area contributed by atoms with Crippen LogP contribution < -0.4 is 5.73 Å². The van der Waals surface area contributed by atoms with Crippen molar-refractivity contribution < 1.29 is 9.90 Å². The molecule has 0 spiro atoms. The Labute approximate surface area is 81.8 Å². The van der Waals surface area contributed by atoms with Crippen LogP contribution in [-0.2, 0) is 0 Å². The third kappa shape index (κ3) is 1.61. The fourth-order valence-corrected chi connectivity index (χ4v) is 1.41. The van der Waals surface area contributed by atoms with Gasteiger partial charge < -0.3 is 10.8 Å². The number of Topliss-reactive ketones (excluding diaryl/α,β-unsaturated/α-hetero) is 1. The van der Waals surface area contributed by atoms with Crippen LogP contribution in [0.1, 0.15) is 23.2 Å². The molecule has 1 atom stereocenters. The van der Waals surface area contributed by atoms with Crippen LogP contribution in [0.5, 0.6) is 0 Å². The molecular weight excluding hydrogens is 180 g/mol. The van der Waals surface area contributed by atoms with Gasteiger partial charge >= 0.3 is 0 Å². The zero-order valence-electron chi connectivity index (χ0n) is 7.68. The molecule has 74 valence electrons. The van der Waals surface area contributed by atoms with Crippen LogP contribution in [0.2, 0.25) is 0 Å². The van der Waals surface area contributed by atoms with Crippen molar-refractivity contribution in [1.29, 1.82) is 0 Å². The van der Waals surface area contributed by atoms with Crippen molar-refractivity contribution >= 4 is 11.6 Å². The molecule has 1 aliphatic carbocycles. The summed E-state index contributed by atoms with van der Waals surface area (Å²) in [6.45, 7) is 0. The third-order valence-corrected chi connectivity index (χ3v) is 2.44. The first-order chi connectivity index (χ1) is 6.70. The first-order valence-corrected chi connectivity index (χ1v) is 4.63. The highest BCUT2D eigenvalue weighted by molar-refractivity contribution is 6.03. The summed E-state index contributed by atoms with van der Waals surface area (Å²) in [5, 5.41) is 9.60. The van der Waals surface area contributed by atoms with Crippen molar-refractivity contribution in [2.45, 2.75) is 18.9 Å². The minimum atomic E-state index is -0.901. The fourth-order valence-electron chi connectivity index (χ4n) is 1.41. The van der Waals surface area contributed by atoms with E-state index >= 15 is 0 Å². The predicted molar refractivity (Wildman–Crippen MR) is 51.7 cm³/mol. The Balaban J connectivity index is 2.21. The van der Waals surface area contributed by atoms with E-state index in [1.54, 1.807) is 12.1 Å². The second-order valence-electron chi connectivity index (χ2n) is 3.58. The molecule has 3 N–H and O–H groups in total. The number of hydrogen-bond acceptors (Lipinski definition) is 4. The van der Waals surface area contributed by atoms with Crippen molar-refractivity contribution in [3.05, 3.63) is 23.9 Å². The van der Waals surface area contributed by atoms with Gasteiger partial charge in [0.1, 0.15) is 11.9 Å². The average Bonchev–Trinajstić information content (AvgIpc) is 3.00. The SMILES string of the molecule is Nc1ncccc1C(=O)C(O)C1CC1. The van der Waals surface area contributed by atoms with Gasteiger partial charge in [0.2, 0.25) is 0 Å². The molecule has 1 heterocycles. The Bertz CT molecular complexity index is 361. The Hall–Kier alpha value is -1.42. The van der Waals surface area contributed by atoms with E-state index in [0.29, 0.717) is 5.56 Å². The molecule has 1 aliphatic rings. The lowest BCUT2D eigenvalue weighted by atomic mass is 10.0. The second-order valence-corrected chi connectivity index (χ2v) is 3.58. The molecule has 2 rings (SSSR count). The van der Waals surface area contributed by atoms with Gasteiger partial charge in [-0.25, -0.2) is 4.98 Å². The van der Waals surface area contributed by atoms with Gasteiger partial charge in [-0.2, -0.15) is 0 Å². The molecule has 1 aromatic rings. The number of pyridine rings is 1. The van der Waals surface area contributed by atoms with Crippen LogP contribution in [-0.4, -0.2) is 22.0 Å². The predicted octanol–water partition coefficient (Wildman–Crippen LogP) is 0.617. The van der Waals surface area contributed by atoms with Crippen molar-refractivity contribution in [3.63, 3.8) is 0 Å². The van der Waals surface area contributed by atoms with Gasteiger partial charge in [-0.15, -0.1) is 0 Å². The standard InChI is InChI=1S/C10H12N2O2/c11-10-7(2-1-5-12-10)9(14)8(13)6-3-4-6/h1-2,5-6,8,13H,3-4H2,(H2,11,12). The summed E-state index contributed by atoms with van der Waals surface area (Å²) < 4.78 is 0. The van der Waals surface area contributed by atoms with E-state index in [-0.39, 0.29) is 17.5 Å². The third-order valence-electron chi connectivity index (χ3n) is 2.44. The summed E-state index contributed by atoms with van der Waals surface area (Å²) in [5.74, 6) is 0.0115. The van der Waals surface area contributed by atoms with Gasteiger partial charge in [0, 0.05) is 6.20 Å². The largest absolute Gasteiger partial charge is 0.385 e. The van der Waals surface area contributed by atoms with Crippen molar-refractivity contribution in [1.82, 2.24) is 4.98 Å². The van der Waals surface area contributed by atoms with Crippen LogP contribution in [0.4, 0.5) is 5.82 Å². The molecule has 14 heavy (non-hydrogen) atoms. The Morgan fingerprint density at radius 3 is 2.93 bits per heavy atom. The van der Waals surface area contributed by atoms with E-state index in [9.17, 15) is 9.90 Å². The molecule has 0 bridgehead atoms. The summed E-state index contributed by atoms with van der Waals surface area (Å²) in [4.78, 5) is 15.5. The number of ketones is 1. The molecule has 1 unspecified atom stereocenters. The monoisotopic (exact) mass is 192 g/mol. The lowest BCUT2D eigenvalue weighted by Gasteiger charge is -2.08. The number of aromatic nitrogens is 1. The Morgan fingerprint density at radius 2 is 2.36 bits per heavy atom. The van der Waals surface area contributed by atoms with Gasteiger partial charge in [-0.05, 0) is 30.9 Å².